The minimum atomic E-state index is 0.374. The number of nitriles is 1. The van der Waals surface area contributed by atoms with Crippen molar-refractivity contribution in [3.8, 4) is 6.07 Å². The normalized spacial score (nSPS) is 17.6. The van der Waals surface area contributed by atoms with Crippen LogP contribution in [0.4, 0.5) is 0 Å². The van der Waals surface area contributed by atoms with E-state index in [1.165, 1.54) is 17.7 Å². The summed E-state index contributed by atoms with van der Waals surface area (Å²) in [4.78, 5) is 12.0. The highest BCUT2D eigenvalue weighted by atomic mass is 15.2. The number of aromatic nitrogens is 3. The lowest BCUT2D eigenvalue weighted by molar-refractivity contribution is 0.241. The van der Waals surface area contributed by atoms with Gasteiger partial charge in [0.1, 0.15) is 5.65 Å². The molecular weight excluding hydrogens is 322 g/mol. The Labute approximate surface area is 153 Å². The molecule has 1 fully saturated rings. The Balaban J connectivity index is 1.59. The Morgan fingerprint density at radius 2 is 2.19 bits per heavy atom. The second kappa shape index (κ2) is 7.27. The zero-order valence-corrected chi connectivity index (χ0v) is 15.1. The van der Waals surface area contributed by atoms with Crippen LogP contribution in [0.5, 0.6) is 0 Å². The molecule has 0 amide bonds. The van der Waals surface area contributed by atoms with E-state index in [-0.39, 0.29) is 0 Å². The van der Waals surface area contributed by atoms with Gasteiger partial charge in [0.05, 0.1) is 23.5 Å². The molecule has 0 aromatic carbocycles. The summed E-state index contributed by atoms with van der Waals surface area (Å²) in [6.07, 6.45) is 7.65. The molecule has 3 aromatic rings. The van der Waals surface area contributed by atoms with Gasteiger partial charge in [-0.2, -0.15) is 5.26 Å². The van der Waals surface area contributed by atoms with Crippen LogP contribution < -0.4 is 0 Å². The van der Waals surface area contributed by atoms with Crippen molar-refractivity contribution in [3.63, 3.8) is 0 Å². The van der Waals surface area contributed by atoms with Crippen molar-refractivity contribution in [3.05, 3.63) is 65.4 Å². The van der Waals surface area contributed by atoms with E-state index in [1.807, 2.05) is 24.4 Å². The van der Waals surface area contributed by atoms with Gasteiger partial charge in [0, 0.05) is 37.5 Å². The van der Waals surface area contributed by atoms with Crippen LogP contribution in [0.15, 0.2) is 42.7 Å². The lowest BCUT2D eigenvalue weighted by atomic mass is 10.1. The van der Waals surface area contributed by atoms with Crippen LogP contribution in [-0.2, 0) is 13.0 Å². The molecule has 0 radical (unpaired) electrons. The molecule has 1 unspecified atom stereocenters. The third kappa shape index (κ3) is 3.21. The third-order valence-electron chi connectivity index (χ3n) is 5.21. The van der Waals surface area contributed by atoms with E-state index in [0.717, 1.165) is 43.0 Å². The van der Waals surface area contributed by atoms with Crippen LogP contribution in [0.1, 0.15) is 47.9 Å². The first kappa shape index (κ1) is 16.7. The summed E-state index contributed by atoms with van der Waals surface area (Å²) in [5.41, 5.74) is 5.64. The average Bonchev–Trinajstić information content (AvgIpc) is 3.27. The number of hydrogen-bond donors (Lipinski definition) is 0. The average molecular weight is 345 g/mol. The molecule has 26 heavy (non-hydrogen) atoms. The minimum Gasteiger partial charge on any atom is -0.304 e. The standard InChI is InChI=1S/C21H23N5/c1-16-6-4-12-23-21(16)19-9-5-13-25(19)14-17-15-26-18(8-3-11-22)7-2-10-20(26)24-17/h2,4,6-7,10,12,15,19H,3,5,8-9,13-14H2,1H3. The van der Waals surface area contributed by atoms with Crippen molar-refractivity contribution in [2.45, 2.75) is 45.2 Å². The summed E-state index contributed by atoms with van der Waals surface area (Å²) in [7, 11) is 0. The molecule has 1 aliphatic rings. The monoisotopic (exact) mass is 345 g/mol. The van der Waals surface area contributed by atoms with Crippen LogP contribution in [0.2, 0.25) is 0 Å². The number of pyridine rings is 2. The van der Waals surface area contributed by atoms with Crippen molar-refractivity contribution in [2.24, 2.45) is 0 Å². The van der Waals surface area contributed by atoms with Gasteiger partial charge in [-0.3, -0.25) is 9.88 Å². The van der Waals surface area contributed by atoms with Gasteiger partial charge in [0.15, 0.2) is 0 Å². The number of likely N-dealkylation sites (tertiary alicyclic amines) is 1. The van der Waals surface area contributed by atoms with Crippen molar-refractivity contribution in [1.29, 1.82) is 5.26 Å². The summed E-state index contributed by atoms with van der Waals surface area (Å²) < 4.78 is 2.13. The Hall–Kier alpha value is -2.71. The maximum Gasteiger partial charge on any atom is 0.137 e. The molecule has 5 heteroatoms. The summed E-state index contributed by atoms with van der Waals surface area (Å²) in [6, 6.07) is 12.9. The molecular formula is C21H23N5. The molecule has 0 aliphatic carbocycles. The van der Waals surface area contributed by atoms with Gasteiger partial charge in [-0.1, -0.05) is 12.1 Å². The number of imidazole rings is 1. The molecule has 1 saturated heterocycles. The van der Waals surface area contributed by atoms with Crippen molar-refractivity contribution in [2.75, 3.05) is 6.54 Å². The zero-order valence-electron chi connectivity index (χ0n) is 15.1. The first-order valence-corrected chi connectivity index (χ1v) is 9.24. The lowest BCUT2D eigenvalue weighted by Gasteiger charge is -2.24. The van der Waals surface area contributed by atoms with E-state index in [1.54, 1.807) is 0 Å². The van der Waals surface area contributed by atoms with Crippen molar-refractivity contribution in [1.82, 2.24) is 19.3 Å². The Bertz CT molecular complexity index is 952. The molecule has 132 valence electrons. The molecule has 0 bridgehead atoms. The van der Waals surface area contributed by atoms with E-state index in [2.05, 4.69) is 45.6 Å². The Morgan fingerprint density at radius 1 is 1.27 bits per heavy atom. The van der Waals surface area contributed by atoms with Crippen molar-refractivity contribution < 1.29 is 0 Å². The summed E-state index contributed by atoms with van der Waals surface area (Å²) in [6.45, 7) is 4.06. The highest BCUT2D eigenvalue weighted by Gasteiger charge is 2.28. The van der Waals surface area contributed by atoms with E-state index in [4.69, 9.17) is 10.2 Å². The molecule has 5 nitrogen and oxygen atoms in total. The smallest absolute Gasteiger partial charge is 0.137 e. The second-order valence-electron chi connectivity index (χ2n) is 6.97. The van der Waals surface area contributed by atoms with Gasteiger partial charge in [0.25, 0.3) is 0 Å². The first-order chi connectivity index (χ1) is 12.8. The summed E-state index contributed by atoms with van der Waals surface area (Å²) in [5, 5.41) is 8.87. The number of fused-ring (bicyclic) bond motifs is 1. The molecule has 4 rings (SSSR count). The molecule has 3 aromatic heterocycles. The second-order valence-corrected chi connectivity index (χ2v) is 6.97. The van der Waals surface area contributed by atoms with E-state index in [0.29, 0.717) is 12.5 Å². The fraction of sp³-hybridized carbons (Fsp3) is 0.381. The Morgan fingerprint density at radius 3 is 3.04 bits per heavy atom. The highest BCUT2D eigenvalue weighted by Crippen LogP contribution is 2.33. The molecule has 0 N–H and O–H groups in total. The van der Waals surface area contributed by atoms with Crippen LogP contribution >= 0.6 is 0 Å². The fourth-order valence-corrected chi connectivity index (χ4v) is 3.96. The largest absolute Gasteiger partial charge is 0.304 e. The molecule has 4 heterocycles. The number of aryl methyl sites for hydroxylation is 2. The molecule has 1 aliphatic heterocycles. The summed E-state index contributed by atoms with van der Waals surface area (Å²) in [5.74, 6) is 0. The fourth-order valence-electron chi connectivity index (χ4n) is 3.96. The quantitative estimate of drug-likeness (QED) is 0.705. The topological polar surface area (TPSA) is 57.2 Å². The maximum absolute atomic E-state index is 8.87. The SMILES string of the molecule is Cc1cccnc1C1CCCN1Cc1cn2c(CCC#N)cccc2n1. The van der Waals surface area contributed by atoms with E-state index >= 15 is 0 Å². The van der Waals surface area contributed by atoms with Gasteiger partial charge < -0.3 is 4.40 Å². The van der Waals surface area contributed by atoms with E-state index < -0.39 is 0 Å². The third-order valence-corrected chi connectivity index (χ3v) is 5.21. The maximum atomic E-state index is 8.87. The van der Waals surface area contributed by atoms with Crippen molar-refractivity contribution >= 4 is 5.65 Å². The van der Waals surface area contributed by atoms with Crippen LogP contribution in [-0.4, -0.2) is 25.8 Å². The molecule has 1 atom stereocenters. The summed E-state index contributed by atoms with van der Waals surface area (Å²) >= 11 is 0. The predicted octanol–water partition coefficient (Wildman–Crippen LogP) is 3.83. The minimum absolute atomic E-state index is 0.374. The first-order valence-electron chi connectivity index (χ1n) is 9.24. The van der Waals surface area contributed by atoms with Crippen LogP contribution in [0.3, 0.4) is 0 Å². The number of nitrogens with zero attached hydrogens (tertiary/aromatic N) is 5. The number of hydrogen-bond acceptors (Lipinski definition) is 4. The van der Waals surface area contributed by atoms with Gasteiger partial charge in [-0.15, -0.1) is 0 Å². The van der Waals surface area contributed by atoms with E-state index in [9.17, 15) is 0 Å². The Kier molecular flexibility index (Phi) is 4.68. The number of rotatable bonds is 5. The van der Waals surface area contributed by atoms with Gasteiger partial charge >= 0.3 is 0 Å². The lowest BCUT2D eigenvalue weighted by Crippen LogP contribution is -2.24. The van der Waals surface area contributed by atoms with Gasteiger partial charge in [-0.25, -0.2) is 4.98 Å². The zero-order chi connectivity index (χ0) is 17.9. The van der Waals surface area contributed by atoms with Crippen LogP contribution in [0, 0.1) is 18.3 Å². The predicted molar refractivity (Wildman–Crippen MR) is 100 cm³/mol. The molecule has 0 saturated carbocycles. The molecule has 0 spiro atoms. The van der Waals surface area contributed by atoms with Crippen LogP contribution in [0.25, 0.3) is 5.65 Å². The van der Waals surface area contributed by atoms with Gasteiger partial charge in [0.2, 0.25) is 0 Å². The van der Waals surface area contributed by atoms with Gasteiger partial charge in [-0.05, 0) is 50.1 Å². The highest BCUT2D eigenvalue weighted by molar-refractivity contribution is 5.42.